The van der Waals surface area contributed by atoms with Crippen LogP contribution in [0.25, 0.3) is 0 Å². The predicted octanol–water partition coefficient (Wildman–Crippen LogP) is 3.65. The van der Waals surface area contributed by atoms with Gasteiger partial charge in [-0.15, -0.1) is 0 Å². The standard InChI is InChI=1S/C28H31N3O5S/c1-21-5-3-4-6-24(21)19-31(37(2,33)34)25-10-8-23(9-11-25)28(32)30-15-13-29(14-16-30)18-22-7-12-26-27(17-22)36-20-35-26/h3-12,17H,13-16,18-20H2,1-2H3. The van der Waals surface area contributed by atoms with Gasteiger partial charge in [0, 0.05) is 38.3 Å². The van der Waals surface area contributed by atoms with Gasteiger partial charge in [0.2, 0.25) is 16.8 Å². The van der Waals surface area contributed by atoms with E-state index in [4.69, 9.17) is 9.47 Å². The van der Waals surface area contributed by atoms with E-state index in [0.29, 0.717) is 24.3 Å². The first-order valence-electron chi connectivity index (χ1n) is 12.3. The molecule has 3 aromatic carbocycles. The molecule has 0 radical (unpaired) electrons. The van der Waals surface area contributed by atoms with Gasteiger partial charge in [0.1, 0.15) is 0 Å². The third-order valence-electron chi connectivity index (χ3n) is 6.88. The van der Waals surface area contributed by atoms with Gasteiger partial charge in [-0.2, -0.15) is 0 Å². The molecule has 37 heavy (non-hydrogen) atoms. The minimum absolute atomic E-state index is 0.0425. The molecule has 0 spiro atoms. The van der Waals surface area contributed by atoms with Gasteiger partial charge in [-0.1, -0.05) is 30.3 Å². The second-order valence-corrected chi connectivity index (χ2v) is 11.4. The number of ether oxygens (including phenoxy) is 2. The fourth-order valence-corrected chi connectivity index (χ4v) is 5.58. The summed E-state index contributed by atoms with van der Waals surface area (Å²) >= 11 is 0. The van der Waals surface area contributed by atoms with Crippen LogP contribution in [-0.4, -0.2) is 63.4 Å². The number of sulfonamides is 1. The number of amides is 1. The Labute approximate surface area is 218 Å². The molecular weight excluding hydrogens is 490 g/mol. The number of fused-ring (bicyclic) bond motifs is 1. The van der Waals surface area contributed by atoms with Crippen LogP contribution in [0.3, 0.4) is 0 Å². The first-order chi connectivity index (χ1) is 17.8. The highest BCUT2D eigenvalue weighted by Crippen LogP contribution is 2.33. The number of carbonyl (C=O) groups excluding carboxylic acids is 1. The van der Waals surface area contributed by atoms with Gasteiger partial charge in [-0.25, -0.2) is 8.42 Å². The maximum Gasteiger partial charge on any atom is 0.253 e. The fourth-order valence-electron chi connectivity index (χ4n) is 4.70. The predicted molar refractivity (Wildman–Crippen MR) is 142 cm³/mol. The van der Waals surface area contributed by atoms with Crippen molar-refractivity contribution in [2.45, 2.75) is 20.0 Å². The molecule has 194 valence electrons. The number of aryl methyl sites for hydroxylation is 1. The van der Waals surface area contributed by atoms with E-state index in [1.54, 1.807) is 24.3 Å². The van der Waals surface area contributed by atoms with Crippen molar-refractivity contribution in [3.63, 3.8) is 0 Å². The second-order valence-electron chi connectivity index (χ2n) is 9.50. The van der Waals surface area contributed by atoms with Crippen molar-refractivity contribution >= 4 is 21.6 Å². The Morgan fingerprint density at radius 2 is 1.62 bits per heavy atom. The molecule has 0 unspecified atom stereocenters. The highest BCUT2D eigenvalue weighted by atomic mass is 32.2. The van der Waals surface area contributed by atoms with Crippen molar-refractivity contribution in [2.75, 3.05) is 43.5 Å². The molecule has 2 aliphatic rings. The summed E-state index contributed by atoms with van der Waals surface area (Å²) in [5.74, 6) is 1.52. The normalized spacial score (nSPS) is 15.6. The minimum Gasteiger partial charge on any atom is -0.454 e. The summed E-state index contributed by atoms with van der Waals surface area (Å²) < 4.78 is 37.4. The monoisotopic (exact) mass is 521 g/mol. The molecule has 0 aliphatic carbocycles. The molecule has 9 heteroatoms. The Kier molecular flexibility index (Phi) is 7.08. The summed E-state index contributed by atoms with van der Waals surface area (Å²) in [5, 5.41) is 0. The van der Waals surface area contributed by atoms with Crippen molar-refractivity contribution in [1.29, 1.82) is 0 Å². The van der Waals surface area contributed by atoms with Crippen LogP contribution in [0.5, 0.6) is 11.5 Å². The molecule has 3 aromatic rings. The second kappa shape index (κ2) is 10.4. The molecule has 1 amide bonds. The Morgan fingerprint density at radius 3 is 2.32 bits per heavy atom. The number of carbonyl (C=O) groups is 1. The lowest BCUT2D eigenvalue weighted by Crippen LogP contribution is -2.48. The number of rotatable bonds is 7. The van der Waals surface area contributed by atoms with E-state index in [9.17, 15) is 13.2 Å². The zero-order valence-electron chi connectivity index (χ0n) is 21.1. The highest BCUT2D eigenvalue weighted by molar-refractivity contribution is 7.92. The molecule has 8 nitrogen and oxygen atoms in total. The zero-order valence-corrected chi connectivity index (χ0v) is 21.9. The largest absolute Gasteiger partial charge is 0.454 e. The Morgan fingerprint density at radius 1 is 0.919 bits per heavy atom. The number of hydrogen-bond donors (Lipinski definition) is 0. The Hall–Kier alpha value is -3.56. The lowest BCUT2D eigenvalue weighted by atomic mass is 10.1. The lowest BCUT2D eigenvalue weighted by Gasteiger charge is -2.35. The fraction of sp³-hybridized carbons (Fsp3) is 0.321. The van der Waals surface area contributed by atoms with E-state index in [1.807, 2.05) is 54.3 Å². The average Bonchev–Trinajstić information content (AvgIpc) is 3.36. The van der Waals surface area contributed by atoms with Crippen LogP contribution in [-0.2, 0) is 23.1 Å². The number of nitrogens with zero attached hydrogens (tertiary/aromatic N) is 3. The quantitative estimate of drug-likeness (QED) is 0.472. The third kappa shape index (κ3) is 5.73. The van der Waals surface area contributed by atoms with Gasteiger partial charge in [0.25, 0.3) is 5.91 Å². The summed E-state index contributed by atoms with van der Waals surface area (Å²) in [6.07, 6.45) is 1.20. The van der Waals surface area contributed by atoms with Crippen molar-refractivity contribution in [3.8, 4) is 11.5 Å². The minimum atomic E-state index is -3.50. The topological polar surface area (TPSA) is 79.4 Å². The smallest absolute Gasteiger partial charge is 0.253 e. The molecule has 5 rings (SSSR count). The zero-order chi connectivity index (χ0) is 26.0. The molecule has 0 atom stereocenters. The molecule has 1 saturated heterocycles. The van der Waals surface area contributed by atoms with Crippen molar-refractivity contribution in [3.05, 3.63) is 89.0 Å². The van der Waals surface area contributed by atoms with E-state index >= 15 is 0 Å². The van der Waals surface area contributed by atoms with Crippen LogP contribution in [0, 0.1) is 6.92 Å². The maximum atomic E-state index is 13.2. The number of hydrogen-bond acceptors (Lipinski definition) is 6. The summed E-state index contributed by atoms with van der Waals surface area (Å²) in [7, 11) is -3.50. The van der Waals surface area contributed by atoms with E-state index in [0.717, 1.165) is 47.8 Å². The van der Waals surface area contributed by atoms with Crippen LogP contribution < -0.4 is 13.8 Å². The molecule has 0 N–H and O–H groups in total. The van der Waals surface area contributed by atoms with E-state index in [2.05, 4.69) is 4.90 Å². The van der Waals surface area contributed by atoms with E-state index < -0.39 is 10.0 Å². The Bertz CT molecular complexity index is 1380. The van der Waals surface area contributed by atoms with Crippen molar-refractivity contribution in [1.82, 2.24) is 9.80 Å². The van der Waals surface area contributed by atoms with Gasteiger partial charge in [0.15, 0.2) is 11.5 Å². The molecule has 1 fully saturated rings. The maximum absolute atomic E-state index is 13.2. The van der Waals surface area contributed by atoms with Crippen LogP contribution in [0.1, 0.15) is 27.0 Å². The molecule has 0 aromatic heterocycles. The van der Waals surface area contributed by atoms with Gasteiger partial charge in [0.05, 0.1) is 18.5 Å². The number of benzene rings is 3. The third-order valence-corrected chi connectivity index (χ3v) is 8.02. The molecule has 2 aliphatic heterocycles. The molecule has 0 saturated carbocycles. The Balaban J connectivity index is 1.21. The van der Waals surface area contributed by atoms with Crippen LogP contribution >= 0.6 is 0 Å². The average molecular weight is 522 g/mol. The SMILES string of the molecule is Cc1ccccc1CN(c1ccc(C(=O)N2CCN(Cc3ccc4c(c3)OCO4)CC2)cc1)S(C)(=O)=O. The first-order valence-corrected chi connectivity index (χ1v) is 14.2. The molecular formula is C28H31N3O5S. The van der Waals surface area contributed by atoms with Gasteiger partial charge >= 0.3 is 0 Å². The summed E-state index contributed by atoms with van der Waals surface area (Å²) in [4.78, 5) is 17.3. The van der Waals surface area contributed by atoms with E-state index in [1.165, 1.54) is 10.6 Å². The number of anilines is 1. The van der Waals surface area contributed by atoms with Crippen LogP contribution in [0.4, 0.5) is 5.69 Å². The number of piperazine rings is 1. The summed E-state index contributed by atoms with van der Waals surface area (Å²) in [6.45, 7) is 6.07. The highest BCUT2D eigenvalue weighted by Gasteiger charge is 2.24. The summed E-state index contributed by atoms with van der Waals surface area (Å²) in [5.41, 5.74) is 4.21. The van der Waals surface area contributed by atoms with Gasteiger partial charge in [-0.05, 0) is 60.0 Å². The summed E-state index contributed by atoms with van der Waals surface area (Å²) in [6, 6.07) is 20.6. The lowest BCUT2D eigenvalue weighted by molar-refractivity contribution is 0.0628. The van der Waals surface area contributed by atoms with Crippen LogP contribution in [0.2, 0.25) is 0 Å². The first kappa shape index (κ1) is 25.1. The van der Waals surface area contributed by atoms with Gasteiger partial charge in [-0.3, -0.25) is 14.0 Å². The molecule has 2 heterocycles. The van der Waals surface area contributed by atoms with Crippen LogP contribution in [0.15, 0.2) is 66.7 Å². The van der Waals surface area contributed by atoms with Crippen molar-refractivity contribution < 1.29 is 22.7 Å². The van der Waals surface area contributed by atoms with Crippen molar-refractivity contribution in [2.24, 2.45) is 0 Å². The molecule has 0 bridgehead atoms. The van der Waals surface area contributed by atoms with Gasteiger partial charge < -0.3 is 14.4 Å². The van der Waals surface area contributed by atoms with E-state index in [-0.39, 0.29) is 19.2 Å².